The van der Waals surface area contributed by atoms with Gasteiger partial charge in [-0.1, -0.05) is 29.8 Å². The summed E-state index contributed by atoms with van der Waals surface area (Å²) >= 11 is 0. The van der Waals surface area contributed by atoms with Crippen LogP contribution in [0.2, 0.25) is 0 Å². The van der Waals surface area contributed by atoms with Gasteiger partial charge in [-0.25, -0.2) is 0 Å². The Morgan fingerprint density at radius 1 is 1.23 bits per heavy atom. The van der Waals surface area contributed by atoms with Crippen LogP contribution in [0.15, 0.2) is 24.3 Å². The zero-order chi connectivity index (χ0) is 9.26. The summed E-state index contributed by atoms with van der Waals surface area (Å²) in [5, 5.41) is 3.40. The first kappa shape index (κ1) is 8.76. The maximum atomic E-state index is 3.40. The van der Waals surface area contributed by atoms with E-state index in [2.05, 4.69) is 43.6 Å². The van der Waals surface area contributed by atoms with Crippen molar-refractivity contribution in [3.63, 3.8) is 0 Å². The predicted molar refractivity (Wildman–Crippen MR) is 55.7 cm³/mol. The molecule has 0 radical (unpaired) electrons. The van der Waals surface area contributed by atoms with Crippen LogP contribution in [0.1, 0.15) is 30.0 Å². The molecule has 0 saturated heterocycles. The average molecular weight is 175 g/mol. The van der Waals surface area contributed by atoms with Crippen LogP contribution >= 0.6 is 0 Å². The molecule has 1 N–H and O–H groups in total. The van der Waals surface area contributed by atoms with Gasteiger partial charge in [0.2, 0.25) is 0 Å². The number of hydrogen-bond acceptors (Lipinski definition) is 1. The van der Waals surface area contributed by atoms with E-state index in [1.807, 2.05) is 0 Å². The molecule has 0 amide bonds. The fourth-order valence-corrected chi connectivity index (χ4v) is 1.88. The average Bonchev–Trinajstić information content (AvgIpc) is 2.93. The van der Waals surface area contributed by atoms with Gasteiger partial charge in [-0.15, -0.1) is 0 Å². The third-order valence-electron chi connectivity index (χ3n) is 2.84. The molecule has 0 bridgehead atoms. The van der Waals surface area contributed by atoms with Crippen LogP contribution in [0.25, 0.3) is 0 Å². The highest BCUT2D eigenvalue weighted by Gasteiger charge is 2.30. The monoisotopic (exact) mass is 175 g/mol. The van der Waals surface area contributed by atoms with E-state index in [4.69, 9.17) is 0 Å². The molecule has 0 aromatic heterocycles. The second kappa shape index (κ2) is 3.51. The first-order valence-corrected chi connectivity index (χ1v) is 5.05. The molecule has 0 spiro atoms. The molecule has 1 aromatic carbocycles. The molecule has 1 aromatic rings. The summed E-state index contributed by atoms with van der Waals surface area (Å²) in [6, 6.07) is 9.47. The Morgan fingerprint density at radius 2 is 1.85 bits per heavy atom. The third kappa shape index (κ3) is 1.92. The van der Waals surface area contributed by atoms with Gasteiger partial charge in [0.25, 0.3) is 0 Å². The number of benzene rings is 1. The van der Waals surface area contributed by atoms with Crippen molar-refractivity contribution in [1.29, 1.82) is 0 Å². The summed E-state index contributed by atoms with van der Waals surface area (Å²) in [6.07, 6.45) is 2.78. The second-order valence-corrected chi connectivity index (χ2v) is 4.01. The summed E-state index contributed by atoms with van der Waals surface area (Å²) in [5.74, 6) is 0.882. The van der Waals surface area contributed by atoms with Crippen LogP contribution in [-0.2, 0) is 0 Å². The Bertz CT molecular complexity index is 272. The number of nitrogens with one attached hydrogen (secondary N) is 1. The van der Waals surface area contributed by atoms with Gasteiger partial charge >= 0.3 is 0 Å². The molecule has 13 heavy (non-hydrogen) atoms. The second-order valence-electron chi connectivity index (χ2n) is 4.01. The molecular formula is C12H17N. The van der Waals surface area contributed by atoms with Crippen molar-refractivity contribution in [2.24, 2.45) is 5.92 Å². The summed E-state index contributed by atoms with van der Waals surface area (Å²) in [6.45, 7) is 2.13. The maximum absolute atomic E-state index is 3.40. The lowest BCUT2D eigenvalue weighted by atomic mass is 10.0. The first-order chi connectivity index (χ1) is 6.31. The molecule has 1 atom stereocenters. The van der Waals surface area contributed by atoms with Crippen molar-refractivity contribution >= 4 is 0 Å². The highest BCUT2D eigenvalue weighted by atomic mass is 14.9. The largest absolute Gasteiger partial charge is 0.313 e. The summed E-state index contributed by atoms with van der Waals surface area (Å²) in [4.78, 5) is 0. The summed E-state index contributed by atoms with van der Waals surface area (Å²) < 4.78 is 0. The third-order valence-corrected chi connectivity index (χ3v) is 2.84. The lowest BCUT2D eigenvalue weighted by Gasteiger charge is -2.15. The Balaban J connectivity index is 2.17. The fourth-order valence-electron chi connectivity index (χ4n) is 1.88. The van der Waals surface area contributed by atoms with Crippen LogP contribution in [0, 0.1) is 12.8 Å². The van der Waals surface area contributed by atoms with Crippen LogP contribution < -0.4 is 5.32 Å². The van der Waals surface area contributed by atoms with Crippen molar-refractivity contribution in [3.8, 4) is 0 Å². The zero-order valence-corrected chi connectivity index (χ0v) is 8.38. The molecule has 0 aliphatic heterocycles. The lowest BCUT2D eigenvalue weighted by Crippen LogP contribution is -2.18. The molecule has 70 valence electrons. The highest BCUT2D eigenvalue weighted by Crippen LogP contribution is 2.40. The fraction of sp³-hybridized carbons (Fsp3) is 0.500. The van der Waals surface area contributed by atoms with Crippen LogP contribution in [0.4, 0.5) is 0 Å². The van der Waals surface area contributed by atoms with Crippen molar-refractivity contribution in [1.82, 2.24) is 5.32 Å². The molecule has 1 aliphatic carbocycles. The van der Waals surface area contributed by atoms with Crippen molar-refractivity contribution in [3.05, 3.63) is 35.4 Å². The van der Waals surface area contributed by atoms with Gasteiger partial charge in [-0.3, -0.25) is 0 Å². The molecule has 1 heteroatoms. The van der Waals surface area contributed by atoms with Crippen LogP contribution in [-0.4, -0.2) is 7.05 Å². The van der Waals surface area contributed by atoms with E-state index >= 15 is 0 Å². The van der Waals surface area contributed by atoms with Gasteiger partial charge in [0.15, 0.2) is 0 Å². The van der Waals surface area contributed by atoms with Gasteiger partial charge in [0.05, 0.1) is 0 Å². The van der Waals surface area contributed by atoms with Gasteiger partial charge in [-0.2, -0.15) is 0 Å². The Kier molecular flexibility index (Phi) is 2.36. The number of rotatable bonds is 3. The van der Waals surface area contributed by atoms with E-state index in [0.717, 1.165) is 5.92 Å². The van der Waals surface area contributed by atoms with Crippen LogP contribution in [0.5, 0.6) is 0 Å². The maximum Gasteiger partial charge on any atom is 0.0346 e. The van der Waals surface area contributed by atoms with E-state index in [1.165, 1.54) is 24.0 Å². The molecule has 1 aliphatic rings. The Hall–Kier alpha value is -0.820. The Morgan fingerprint density at radius 3 is 2.31 bits per heavy atom. The number of hydrogen-bond donors (Lipinski definition) is 1. The molecule has 0 heterocycles. The molecule has 1 fully saturated rings. The van der Waals surface area contributed by atoms with Crippen molar-refractivity contribution in [2.75, 3.05) is 7.05 Å². The SMILES string of the molecule is CNC(c1ccc(C)cc1)C1CC1. The van der Waals surface area contributed by atoms with E-state index in [1.54, 1.807) is 0 Å². The standard InChI is InChI=1S/C12H17N/c1-9-3-5-10(6-4-9)12(13-2)11-7-8-11/h3-6,11-13H,7-8H2,1-2H3. The van der Waals surface area contributed by atoms with E-state index < -0.39 is 0 Å². The van der Waals surface area contributed by atoms with Gasteiger partial charge < -0.3 is 5.32 Å². The van der Waals surface area contributed by atoms with E-state index in [9.17, 15) is 0 Å². The van der Waals surface area contributed by atoms with Gasteiger partial charge in [-0.05, 0) is 38.3 Å². The zero-order valence-electron chi connectivity index (χ0n) is 8.38. The topological polar surface area (TPSA) is 12.0 Å². The van der Waals surface area contributed by atoms with E-state index in [-0.39, 0.29) is 0 Å². The van der Waals surface area contributed by atoms with Crippen molar-refractivity contribution < 1.29 is 0 Å². The van der Waals surface area contributed by atoms with Crippen molar-refractivity contribution in [2.45, 2.75) is 25.8 Å². The quantitative estimate of drug-likeness (QED) is 0.744. The van der Waals surface area contributed by atoms with Crippen LogP contribution in [0.3, 0.4) is 0 Å². The smallest absolute Gasteiger partial charge is 0.0346 e. The van der Waals surface area contributed by atoms with Gasteiger partial charge in [0.1, 0.15) is 0 Å². The van der Waals surface area contributed by atoms with E-state index in [0.29, 0.717) is 6.04 Å². The summed E-state index contributed by atoms with van der Waals surface area (Å²) in [7, 11) is 2.06. The Labute approximate surface area is 80.2 Å². The molecule has 1 saturated carbocycles. The molecule has 1 nitrogen and oxygen atoms in total. The minimum Gasteiger partial charge on any atom is -0.313 e. The highest BCUT2D eigenvalue weighted by molar-refractivity contribution is 5.25. The predicted octanol–water partition coefficient (Wildman–Crippen LogP) is 2.67. The molecule has 1 unspecified atom stereocenters. The minimum atomic E-state index is 0.584. The minimum absolute atomic E-state index is 0.584. The first-order valence-electron chi connectivity index (χ1n) is 5.05. The molecule has 2 rings (SSSR count). The molecular weight excluding hydrogens is 158 g/mol. The van der Waals surface area contributed by atoms with Gasteiger partial charge in [0, 0.05) is 6.04 Å². The lowest BCUT2D eigenvalue weighted by molar-refractivity contribution is 0.529. The number of aryl methyl sites for hydroxylation is 1. The summed E-state index contributed by atoms with van der Waals surface area (Å²) in [5.41, 5.74) is 2.78. The normalized spacial score (nSPS) is 18.6.